The predicted octanol–water partition coefficient (Wildman–Crippen LogP) is 1.89. The van der Waals surface area contributed by atoms with Crippen LogP contribution in [0.3, 0.4) is 0 Å². The molecular weight excluding hydrogens is 394 g/mol. The molecule has 29 heavy (non-hydrogen) atoms. The van der Waals surface area contributed by atoms with Gasteiger partial charge in [-0.25, -0.2) is 8.42 Å². The number of carbonyl (C=O) groups is 1. The quantitative estimate of drug-likeness (QED) is 0.769. The number of benzene rings is 2. The fourth-order valence-corrected chi connectivity index (χ4v) is 4.58. The van der Waals surface area contributed by atoms with Crippen LogP contribution in [0.5, 0.6) is 11.5 Å². The topological polar surface area (TPSA) is 88.2 Å². The summed E-state index contributed by atoms with van der Waals surface area (Å²) in [4.78, 5) is 15.0. The molecular formula is C20H25N3O5S. The Morgan fingerprint density at radius 2 is 1.48 bits per heavy atom. The lowest BCUT2D eigenvalue weighted by molar-refractivity contribution is 0.102. The van der Waals surface area contributed by atoms with Crippen LogP contribution >= 0.6 is 0 Å². The highest BCUT2D eigenvalue weighted by molar-refractivity contribution is 7.89. The second-order valence-electron chi connectivity index (χ2n) is 6.72. The van der Waals surface area contributed by atoms with E-state index in [1.165, 1.54) is 30.7 Å². The summed E-state index contributed by atoms with van der Waals surface area (Å²) < 4.78 is 37.6. The molecule has 0 unspecified atom stereocenters. The lowest BCUT2D eigenvalue weighted by atomic mass is 10.1. The van der Waals surface area contributed by atoms with Crippen molar-refractivity contribution in [2.75, 3.05) is 52.8 Å². The Bertz CT molecular complexity index is 946. The van der Waals surface area contributed by atoms with E-state index < -0.39 is 15.9 Å². The minimum atomic E-state index is -3.55. The first-order valence-corrected chi connectivity index (χ1v) is 10.6. The van der Waals surface area contributed by atoms with Crippen molar-refractivity contribution in [3.8, 4) is 11.5 Å². The Morgan fingerprint density at radius 1 is 0.931 bits per heavy atom. The normalized spacial score (nSPS) is 15.7. The summed E-state index contributed by atoms with van der Waals surface area (Å²) in [5.41, 5.74) is 0.743. The molecule has 8 nitrogen and oxygen atoms in total. The smallest absolute Gasteiger partial charge is 0.263 e. The fraction of sp³-hybridized carbons (Fsp3) is 0.350. The van der Waals surface area contributed by atoms with Gasteiger partial charge in [-0.3, -0.25) is 4.79 Å². The van der Waals surface area contributed by atoms with Gasteiger partial charge in [0.2, 0.25) is 10.0 Å². The molecule has 1 aliphatic rings. The van der Waals surface area contributed by atoms with Crippen LogP contribution < -0.4 is 14.8 Å². The SMILES string of the molecule is COc1cccc(OC)c1C(=O)Nc1ccc(S(=O)(=O)N2CCN(C)CC2)cc1. The molecule has 1 fully saturated rings. The minimum absolute atomic E-state index is 0.204. The second kappa shape index (κ2) is 8.81. The highest BCUT2D eigenvalue weighted by atomic mass is 32.2. The minimum Gasteiger partial charge on any atom is -0.496 e. The van der Waals surface area contributed by atoms with E-state index in [1.807, 2.05) is 7.05 Å². The Kier molecular flexibility index (Phi) is 6.41. The first-order valence-electron chi connectivity index (χ1n) is 9.18. The molecule has 1 amide bonds. The number of methoxy groups -OCH3 is 2. The van der Waals surface area contributed by atoms with Crippen LogP contribution in [0.25, 0.3) is 0 Å². The summed E-state index contributed by atoms with van der Waals surface area (Å²) in [6.07, 6.45) is 0. The lowest BCUT2D eigenvalue weighted by Gasteiger charge is -2.31. The average Bonchev–Trinajstić information content (AvgIpc) is 2.73. The highest BCUT2D eigenvalue weighted by Crippen LogP contribution is 2.29. The van der Waals surface area contributed by atoms with Crippen molar-refractivity contribution >= 4 is 21.6 Å². The van der Waals surface area contributed by atoms with Gasteiger partial charge in [-0.15, -0.1) is 0 Å². The molecule has 0 aromatic heterocycles. The third-order valence-electron chi connectivity index (χ3n) is 4.87. The fourth-order valence-electron chi connectivity index (χ4n) is 3.16. The van der Waals surface area contributed by atoms with Crippen LogP contribution in [0.4, 0.5) is 5.69 Å². The summed E-state index contributed by atoms with van der Waals surface area (Å²) in [6, 6.07) is 11.2. The van der Waals surface area contributed by atoms with Crippen LogP contribution in [-0.2, 0) is 10.0 Å². The van der Waals surface area contributed by atoms with Gasteiger partial charge in [-0.05, 0) is 43.4 Å². The van der Waals surface area contributed by atoms with E-state index in [2.05, 4.69) is 10.2 Å². The van der Waals surface area contributed by atoms with Gasteiger partial charge in [-0.1, -0.05) is 6.07 Å². The summed E-state index contributed by atoms with van der Waals surface area (Å²) in [5.74, 6) is 0.362. The number of anilines is 1. The van der Waals surface area contributed by atoms with E-state index in [4.69, 9.17) is 9.47 Å². The number of carbonyl (C=O) groups excluding carboxylic acids is 1. The number of ether oxygens (including phenoxy) is 2. The van der Waals surface area contributed by atoms with Gasteiger partial charge >= 0.3 is 0 Å². The van der Waals surface area contributed by atoms with Crippen molar-refractivity contribution in [2.24, 2.45) is 0 Å². The second-order valence-corrected chi connectivity index (χ2v) is 8.66. The van der Waals surface area contributed by atoms with Crippen molar-refractivity contribution in [3.05, 3.63) is 48.0 Å². The Labute approximate surface area is 171 Å². The average molecular weight is 420 g/mol. The van der Waals surface area contributed by atoms with E-state index in [1.54, 1.807) is 30.3 Å². The van der Waals surface area contributed by atoms with Crippen LogP contribution in [0.1, 0.15) is 10.4 Å². The molecule has 1 saturated heterocycles. The molecule has 0 radical (unpaired) electrons. The van der Waals surface area contributed by atoms with Crippen LogP contribution in [0.15, 0.2) is 47.4 Å². The van der Waals surface area contributed by atoms with Gasteiger partial charge < -0.3 is 19.7 Å². The van der Waals surface area contributed by atoms with Crippen LogP contribution in [-0.4, -0.2) is 71.0 Å². The number of piperazine rings is 1. The number of nitrogens with zero attached hydrogens (tertiary/aromatic N) is 2. The number of nitrogens with one attached hydrogen (secondary N) is 1. The number of rotatable bonds is 6. The predicted molar refractivity (Wildman–Crippen MR) is 110 cm³/mol. The monoisotopic (exact) mass is 419 g/mol. The molecule has 0 saturated carbocycles. The maximum atomic E-state index is 12.8. The van der Waals surface area contributed by atoms with Crippen LogP contribution in [0.2, 0.25) is 0 Å². The molecule has 1 N–H and O–H groups in total. The lowest BCUT2D eigenvalue weighted by Crippen LogP contribution is -2.46. The number of sulfonamides is 1. The number of amides is 1. The molecule has 0 aliphatic carbocycles. The molecule has 0 atom stereocenters. The number of hydrogen-bond donors (Lipinski definition) is 1. The zero-order chi connectivity index (χ0) is 21.0. The molecule has 1 aliphatic heterocycles. The molecule has 0 spiro atoms. The number of likely N-dealkylation sites (N-methyl/N-ethyl adjacent to an activating group) is 1. The zero-order valence-corrected chi connectivity index (χ0v) is 17.5. The zero-order valence-electron chi connectivity index (χ0n) is 16.7. The standard InChI is InChI=1S/C20H25N3O5S/c1-22-11-13-23(14-12-22)29(25,26)16-9-7-15(8-10-16)21-20(24)19-17(27-2)5-4-6-18(19)28-3/h4-10H,11-14H2,1-3H3,(H,21,24). The van der Waals surface area contributed by atoms with Gasteiger partial charge in [0.25, 0.3) is 5.91 Å². The van der Waals surface area contributed by atoms with E-state index in [-0.39, 0.29) is 10.5 Å². The van der Waals surface area contributed by atoms with Gasteiger partial charge in [0.15, 0.2) is 0 Å². The maximum absolute atomic E-state index is 12.8. The molecule has 0 bridgehead atoms. The van der Waals surface area contributed by atoms with Crippen LogP contribution in [0, 0.1) is 0 Å². The third-order valence-corrected chi connectivity index (χ3v) is 6.78. The van der Waals surface area contributed by atoms with Crippen molar-refractivity contribution in [1.29, 1.82) is 0 Å². The van der Waals surface area contributed by atoms with E-state index >= 15 is 0 Å². The van der Waals surface area contributed by atoms with Gasteiger partial charge in [0, 0.05) is 31.9 Å². The van der Waals surface area contributed by atoms with Crippen molar-refractivity contribution < 1.29 is 22.7 Å². The third kappa shape index (κ3) is 4.52. The first-order chi connectivity index (χ1) is 13.9. The maximum Gasteiger partial charge on any atom is 0.263 e. The first kappa shape index (κ1) is 21.1. The Hall–Kier alpha value is -2.62. The Morgan fingerprint density at radius 3 is 2.00 bits per heavy atom. The molecule has 9 heteroatoms. The van der Waals surface area contributed by atoms with E-state index in [0.717, 1.165) is 0 Å². The summed E-state index contributed by atoms with van der Waals surface area (Å²) in [6.45, 7) is 2.33. The molecule has 2 aromatic rings. The van der Waals surface area contributed by atoms with E-state index in [9.17, 15) is 13.2 Å². The molecule has 3 rings (SSSR count). The molecule has 1 heterocycles. The van der Waals surface area contributed by atoms with Crippen molar-refractivity contribution in [3.63, 3.8) is 0 Å². The van der Waals surface area contributed by atoms with Crippen molar-refractivity contribution in [1.82, 2.24) is 9.21 Å². The molecule has 2 aromatic carbocycles. The Balaban J connectivity index is 1.77. The van der Waals surface area contributed by atoms with Gasteiger partial charge in [0.05, 0.1) is 19.1 Å². The number of hydrogen-bond acceptors (Lipinski definition) is 6. The summed E-state index contributed by atoms with van der Waals surface area (Å²) in [5, 5.41) is 2.76. The van der Waals surface area contributed by atoms with Gasteiger partial charge in [0.1, 0.15) is 17.1 Å². The summed E-state index contributed by atoms with van der Waals surface area (Å²) in [7, 11) is 1.37. The van der Waals surface area contributed by atoms with Gasteiger partial charge in [-0.2, -0.15) is 4.31 Å². The largest absolute Gasteiger partial charge is 0.496 e. The highest BCUT2D eigenvalue weighted by Gasteiger charge is 2.27. The van der Waals surface area contributed by atoms with Crippen molar-refractivity contribution in [2.45, 2.75) is 4.90 Å². The van der Waals surface area contributed by atoms with E-state index in [0.29, 0.717) is 43.4 Å². The molecule has 156 valence electrons. The summed E-state index contributed by atoms with van der Waals surface area (Å²) >= 11 is 0.